The molecule has 0 atom stereocenters. The van der Waals surface area contributed by atoms with Gasteiger partial charge < -0.3 is 15.8 Å². The predicted octanol–water partition coefficient (Wildman–Crippen LogP) is 2.07. The van der Waals surface area contributed by atoms with E-state index in [-0.39, 0.29) is 48.8 Å². The van der Waals surface area contributed by atoms with Gasteiger partial charge in [-0.05, 0) is 24.3 Å². The van der Waals surface area contributed by atoms with Crippen molar-refractivity contribution in [1.82, 2.24) is 5.32 Å². The highest BCUT2D eigenvalue weighted by Gasteiger charge is 2.46. The van der Waals surface area contributed by atoms with E-state index in [0.717, 1.165) is 24.3 Å². The number of nitrogens with two attached hydrogens (primary N) is 1. The molecule has 0 spiro atoms. The lowest BCUT2D eigenvalue weighted by Gasteiger charge is -2.09. The maximum atomic E-state index is 12.4. The minimum Gasteiger partial charge on any atom is -0.492 e. The summed E-state index contributed by atoms with van der Waals surface area (Å²) in [4.78, 5) is 3.09. The number of rotatable bonds is 7. The van der Waals surface area contributed by atoms with Crippen LogP contribution in [-0.2, 0) is 9.84 Å². The summed E-state index contributed by atoms with van der Waals surface area (Å²) in [7, 11) is -5.35. The molecule has 0 aliphatic carbocycles. The SMILES string of the molecule is C=CCNC(N)=NCCOc1ccc(S(=O)(=O)C(F)(F)F)cc1.I. The lowest BCUT2D eigenvalue weighted by atomic mass is 10.3. The van der Waals surface area contributed by atoms with Crippen LogP contribution >= 0.6 is 24.0 Å². The maximum absolute atomic E-state index is 12.4. The quantitative estimate of drug-likeness (QED) is 0.205. The Hall–Kier alpha value is -1.50. The third-order valence-corrected chi connectivity index (χ3v) is 4.01. The Labute approximate surface area is 154 Å². The van der Waals surface area contributed by atoms with Gasteiger partial charge in [0.1, 0.15) is 12.4 Å². The summed E-state index contributed by atoms with van der Waals surface area (Å²) in [6, 6.07) is 3.95. The van der Waals surface area contributed by atoms with Gasteiger partial charge >= 0.3 is 5.51 Å². The van der Waals surface area contributed by atoms with Crippen LogP contribution in [0.2, 0.25) is 0 Å². The van der Waals surface area contributed by atoms with Crippen molar-refractivity contribution in [3.63, 3.8) is 0 Å². The number of hydrogen-bond donors (Lipinski definition) is 2. The van der Waals surface area contributed by atoms with Crippen molar-refractivity contribution in [2.75, 3.05) is 19.7 Å². The molecule has 0 aliphatic heterocycles. The number of halogens is 4. The molecule has 1 aromatic rings. The minimum absolute atomic E-state index is 0. The van der Waals surface area contributed by atoms with Crippen LogP contribution < -0.4 is 15.8 Å². The Kier molecular flexibility index (Phi) is 9.11. The van der Waals surface area contributed by atoms with Gasteiger partial charge in [-0.2, -0.15) is 13.2 Å². The van der Waals surface area contributed by atoms with E-state index in [2.05, 4.69) is 16.9 Å². The van der Waals surface area contributed by atoms with Crippen LogP contribution in [0, 0.1) is 0 Å². The molecular formula is C13H17F3IN3O3S. The molecule has 1 rings (SSSR count). The van der Waals surface area contributed by atoms with E-state index in [1.165, 1.54) is 0 Å². The van der Waals surface area contributed by atoms with Crippen LogP contribution in [-0.4, -0.2) is 39.6 Å². The van der Waals surface area contributed by atoms with Crippen LogP contribution in [0.5, 0.6) is 5.75 Å². The molecule has 0 aliphatic rings. The molecule has 0 unspecified atom stereocenters. The Morgan fingerprint density at radius 1 is 1.33 bits per heavy atom. The summed E-state index contributed by atoms with van der Waals surface area (Å²) in [6.07, 6.45) is 1.61. The van der Waals surface area contributed by atoms with E-state index < -0.39 is 20.2 Å². The fourth-order valence-corrected chi connectivity index (χ4v) is 2.17. The average Bonchev–Trinajstić information content (AvgIpc) is 2.49. The van der Waals surface area contributed by atoms with Crippen molar-refractivity contribution in [2.45, 2.75) is 10.4 Å². The van der Waals surface area contributed by atoms with E-state index in [1.54, 1.807) is 6.08 Å². The van der Waals surface area contributed by atoms with Crippen molar-refractivity contribution in [3.05, 3.63) is 36.9 Å². The zero-order chi connectivity index (χ0) is 17.5. The van der Waals surface area contributed by atoms with Gasteiger partial charge in [0.15, 0.2) is 5.96 Å². The number of guanidine groups is 1. The molecule has 1 aromatic carbocycles. The van der Waals surface area contributed by atoms with Crippen molar-refractivity contribution in [1.29, 1.82) is 0 Å². The standard InChI is InChI=1S/C13H16F3N3O3S.HI/c1-2-7-18-12(17)19-8-9-22-10-3-5-11(6-4-10)23(20,21)13(14,15)16;/h2-6H,1,7-9H2,(H3,17,18,19);1H. The lowest BCUT2D eigenvalue weighted by Crippen LogP contribution is -2.32. The van der Waals surface area contributed by atoms with Crippen molar-refractivity contribution < 1.29 is 26.3 Å². The zero-order valence-corrected chi connectivity index (χ0v) is 15.6. The second-order valence-corrected chi connectivity index (χ2v) is 6.15. The highest BCUT2D eigenvalue weighted by Crippen LogP contribution is 2.30. The number of sulfone groups is 1. The molecule has 0 saturated heterocycles. The van der Waals surface area contributed by atoms with Gasteiger partial charge in [-0.3, -0.25) is 0 Å². The van der Waals surface area contributed by atoms with Gasteiger partial charge in [-0.25, -0.2) is 13.4 Å². The largest absolute Gasteiger partial charge is 0.501 e. The molecule has 0 radical (unpaired) electrons. The van der Waals surface area contributed by atoms with Gasteiger partial charge in [-0.15, -0.1) is 30.6 Å². The van der Waals surface area contributed by atoms with Crippen LogP contribution in [0.25, 0.3) is 0 Å². The first-order valence-electron chi connectivity index (χ1n) is 6.37. The first-order chi connectivity index (χ1) is 10.7. The molecule has 3 N–H and O–H groups in total. The Morgan fingerprint density at radius 3 is 2.42 bits per heavy atom. The van der Waals surface area contributed by atoms with Crippen molar-refractivity contribution in [2.24, 2.45) is 10.7 Å². The number of hydrogen-bond acceptors (Lipinski definition) is 4. The molecule has 11 heteroatoms. The Balaban J connectivity index is 0.00000529. The number of ether oxygens (including phenoxy) is 1. The third kappa shape index (κ3) is 6.55. The highest BCUT2D eigenvalue weighted by atomic mass is 127. The first kappa shape index (κ1) is 22.5. The number of benzene rings is 1. The van der Waals surface area contributed by atoms with Gasteiger partial charge in [0.25, 0.3) is 9.84 Å². The molecule has 0 aromatic heterocycles. The van der Waals surface area contributed by atoms with Gasteiger partial charge in [0.05, 0.1) is 11.4 Å². The highest BCUT2D eigenvalue weighted by molar-refractivity contribution is 14.0. The molecule has 136 valence electrons. The van der Waals surface area contributed by atoms with E-state index in [9.17, 15) is 21.6 Å². The monoisotopic (exact) mass is 479 g/mol. The van der Waals surface area contributed by atoms with Crippen molar-refractivity contribution in [3.8, 4) is 5.75 Å². The summed E-state index contributed by atoms with van der Waals surface area (Å²) >= 11 is 0. The van der Waals surface area contributed by atoms with Crippen LogP contribution in [0.4, 0.5) is 13.2 Å². The minimum atomic E-state index is -5.35. The fourth-order valence-electron chi connectivity index (χ4n) is 1.41. The van der Waals surface area contributed by atoms with Crippen LogP contribution in [0.1, 0.15) is 0 Å². The molecule has 0 heterocycles. The Bertz CT molecular complexity index is 661. The normalized spacial score (nSPS) is 12.2. The average molecular weight is 479 g/mol. The van der Waals surface area contributed by atoms with E-state index in [1.807, 2.05) is 0 Å². The second kappa shape index (κ2) is 9.71. The summed E-state index contributed by atoms with van der Waals surface area (Å²) in [6.45, 7) is 4.31. The van der Waals surface area contributed by atoms with Crippen LogP contribution in [0.3, 0.4) is 0 Å². The van der Waals surface area contributed by atoms with Gasteiger partial charge in [0.2, 0.25) is 0 Å². The molecule has 0 saturated carbocycles. The zero-order valence-electron chi connectivity index (χ0n) is 12.4. The molecule has 24 heavy (non-hydrogen) atoms. The van der Waals surface area contributed by atoms with Gasteiger partial charge in [-0.1, -0.05) is 6.08 Å². The molecular weight excluding hydrogens is 462 g/mol. The van der Waals surface area contributed by atoms with E-state index in [0.29, 0.717) is 6.54 Å². The fraction of sp³-hybridized carbons (Fsp3) is 0.308. The van der Waals surface area contributed by atoms with Crippen molar-refractivity contribution >= 4 is 39.8 Å². The second-order valence-electron chi connectivity index (χ2n) is 4.21. The molecule has 0 fully saturated rings. The summed E-state index contributed by atoms with van der Waals surface area (Å²) in [5.41, 5.74) is 0.177. The number of nitrogens with one attached hydrogen (secondary N) is 1. The topological polar surface area (TPSA) is 93.8 Å². The smallest absolute Gasteiger partial charge is 0.492 e. The molecule has 6 nitrogen and oxygen atoms in total. The number of alkyl halides is 3. The molecule has 0 amide bonds. The third-order valence-electron chi connectivity index (χ3n) is 2.51. The van der Waals surface area contributed by atoms with Crippen LogP contribution in [0.15, 0.2) is 46.8 Å². The van der Waals surface area contributed by atoms with E-state index in [4.69, 9.17) is 10.5 Å². The maximum Gasteiger partial charge on any atom is 0.501 e. The van der Waals surface area contributed by atoms with E-state index >= 15 is 0 Å². The first-order valence-corrected chi connectivity index (χ1v) is 7.85. The lowest BCUT2D eigenvalue weighted by molar-refractivity contribution is -0.0436. The number of aliphatic imine (C=N–C) groups is 1. The van der Waals surface area contributed by atoms with Gasteiger partial charge in [0, 0.05) is 6.54 Å². The summed E-state index contributed by atoms with van der Waals surface area (Å²) < 4.78 is 64.7. The Morgan fingerprint density at radius 2 is 1.92 bits per heavy atom. The summed E-state index contributed by atoms with van der Waals surface area (Å²) in [5, 5.41) is 2.75. The molecule has 0 bridgehead atoms. The summed E-state index contributed by atoms with van der Waals surface area (Å²) in [5.74, 6) is 0.430. The predicted molar refractivity (Wildman–Crippen MR) is 95.3 cm³/mol. The number of nitrogens with zero attached hydrogens (tertiary/aromatic N) is 1.